The van der Waals surface area contributed by atoms with E-state index >= 15 is 0 Å². The smallest absolute Gasteiger partial charge is 0.246 e. The van der Waals surface area contributed by atoms with E-state index in [1.54, 1.807) is 0 Å². The standard InChI is InChI=1S/C24H26N4O4S/c1-15(29)25-12-4-5-16-8-10-17(11-9-16)20-14-33-24(26-20)27-21(30)13-28-22(31)18-6-2-3-7-19(18)23(28)32/h2-3,8-11,14,18-19H,4-7,12-13H2,1H3,(H,25,29)(H,26,27,30). The molecule has 0 radical (unpaired) electrons. The average Bonchev–Trinajstić information content (AvgIpc) is 3.36. The minimum Gasteiger partial charge on any atom is -0.356 e. The maximum atomic E-state index is 12.5. The molecule has 0 spiro atoms. The lowest BCUT2D eigenvalue weighted by atomic mass is 9.85. The molecule has 2 heterocycles. The minimum atomic E-state index is -0.432. The lowest BCUT2D eigenvalue weighted by Crippen LogP contribution is -2.38. The number of amides is 4. The zero-order chi connectivity index (χ0) is 23.4. The number of rotatable bonds is 8. The maximum Gasteiger partial charge on any atom is 0.246 e. The Kier molecular flexibility index (Phi) is 6.98. The molecule has 0 saturated carbocycles. The van der Waals surface area contributed by atoms with E-state index in [-0.39, 0.29) is 36.1 Å². The topological polar surface area (TPSA) is 108 Å². The lowest BCUT2D eigenvalue weighted by molar-refractivity contribution is -0.142. The molecule has 4 amide bonds. The van der Waals surface area contributed by atoms with Crippen LogP contribution in [0.15, 0.2) is 41.8 Å². The molecular formula is C24H26N4O4S. The number of nitrogens with zero attached hydrogens (tertiary/aromatic N) is 2. The van der Waals surface area contributed by atoms with Gasteiger partial charge in [0.25, 0.3) is 0 Å². The van der Waals surface area contributed by atoms with Gasteiger partial charge in [-0.1, -0.05) is 36.4 Å². The summed E-state index contributed by atoms with van der Waals surface area (Å²) >= 11 is 1.29. The molecule has 4 rings (SSSR count). The van der Waals surface area contributed by atoms with Crippen LogP contribution in [0.3, 0.4) is 0 Å². The summed E-state index contributed by atoms with van der Waals surface area (Å²) in [6.45, 7) is 1.88. The fourth-order valence-electron chi connectivity index (χ4n) is 4.19. The van der Waals surface area contributed by atoms with Crippen LogP contribution in [0.25, 0.3) is 11.3 Å². The quantitative estimate of drug-likeness (QED) is 0.353. The van der Waals surface area contributed by atoms with Crippen molar-refractivity contribution in [1.29, 1.82) is 0 Å². The van der Waals surface area contributed by atoms with E-state index in [1.165, 1.54) is 23.8 Å². The number of anilines is 1. The van der Waals surface area contributed by atoms with E-state index in [1.807, 2.05) is 41.8 Å². The third-order valence-corrected chi connectivity index (χ3v) is 6.67. The average molecular weight is 467 g/mol. The summed E-state index contributed by atoms with van der Waals surface area (Å²) in [4.78, 5) is 54.0. The highest BCUT2D eigenvalue weighted by Crippen LogP contribution is 2.35. The van der Waals surface area contributed by atoms with Crippen LogP contribution in [0.5, 0.6) is 0 Å². The first-order chi connectivity index (χ1) is 15.9. The van der Waals surface area contributed by atoms with E-state index in [0.717, 1.165) is 29.0 Å². The van der Waals surface area contributed by atoms with Crippen LogP contribution in [0.2, 0.25) is 0 Å². The first kappa shape index (κ1) is 22.8. The van der Waals surface area contributed by atoms with Crippen molar-refractivity contribution in [3.63, 3.8) is 0 Å². The second kappa shape index (κ2) is 10.1. The van der Waals surface area contributed by atoms with Gasteiger partial charge in [-0.25, -0.2) is 4.98 Å². The number of thiazole rings is 1. The van der Waals surface area contributed by atoms with E-state index in [2.05, 4.69) is 15.6 Å². The molecule has 2 aliphatic rings. The number of aryl methyl sites for hydroxylation is 1. The molecule has 1 aromatic carbocycles. The lowest BCUT2D eigenvalue weighted by Gasteiger charge is -2.14. The molecule has 2 N–H and O–H groups in total. The summed E-state index contributed by atoms with van der Waals surface area (Å²) in [5.41, 5.74) is 2.84. The van der Waals surface area contributed by atoms with Gasteiger partial charge in [-0.05, 0) is 31.2 Å². The van der Waals surface area contributed by atoms with Crippen LogP contribution >= 0.6 is 11.3 Å². The van der Waals surface area contributed by atoms with Crippen molar-refractivity contribution in [3.05, 3.63) is 47.4 Å². The van der Waals surface area contributed by atoms with Gasteiger partial charge in [-0.3, -0.25) is 24.1 Å². The highest BCUT2D eigenvalue weighted by molar-refractivity contribution is 7.14. The van der Waals surface area contributed by atoms with E-state index in [4.69, 9.17) is 0 Å². The summed E-state index contributed by atoms with van der Waals surface area (Å²) in [5.74, 6) is -1.65. The number of aromatic nitrogens is 1. The van der Waals surface area contributed by atoms with Gasteiger partial charge in [0.15, 0.2) is 5.13 Å². The van der Waals surface area contributed by atoms with Crippen LogP contribution in [0.4, 0.5) is 5.13 Å². The van der Waals surface area contributed by atoms with Crippen LogP contribution in [0, 0.1) is 11.8 Å². The van der Waals surface area contributed by atoms with Crippen molar-refractivity contribution in [2.75, 3.05) is 18.4 Å². The van der Waals surface area contributed by atoms with Gasteiger partial charge in [0, 0.05) is 24.4 Å². The molecular weight excluding hydrogens is 440 g/mol. The fourth-order valence-corrected chi connectivity index (χ4v) is 4.93. The number of hydrogen-bond acceptors (Lipinski definition) is 6. The highest BCUT2D eigenvalue weighted by atomic mass is 32.1. The Labute approximate surface area is 196 Å². The second-order valence-electron chi connectivity index (χ2n) is 8.29. The SMILES string of the molecule is CC(=O)NCCCc1ccc(-c2csc(NC(=O)CN3C(=O)C4CC=CCC4C3=O)n2)cc1. The third kappa shape index (κ3) is 5.36. The molecule has 1 aliphatic carbocycles. The van der Waals surface area contributed by atoms with Crippen LogP contribution in [-0.2, 0) is 25.6 Å². The Bertz CT molecular complexity index is 1070. The number of nitrogens with one attached hydrogen (secondary N) is 2. The normalized spacial score (nSPS) is 19.5. The Balaban J connectivity index is 1.30. The Hall–Kier alpha value is -3.33. The molecule has 2 atom stereocenters. The molecule has 1 aromatic heterocycles. The van der Waals surface area contributed by atoms with Gasteiger partial charge in [-0.15, -0.1) is 11.3 Å². The van der Waals surface area contributed by atoms with Crippen molar-refractivity contribution in [2.24, 2.45) is 11.8 Å². The van der Waals surface area contributed by atoms with Gasteiger partial charge in [0.2, 0.25) is 23.6 Å². The van der Waals surface area contributed by atoms with Gasteiger partial charge < -0.3 is 10.6 Å². The zero-order valence-corrected chi connectivity index (χ0v) is 19.2. The first-order valence-corrected chi connectivity index (χ1v) is 11.9. The zero-order valence-electron chi connectivity index (χ0n) is 18.4. The molecule has 1 saturated heterocycles. The predicted molar refractivity (Wildman–Crippen MR) is 125 cm³/mol. The van der Waals surface area contributed by atoms with Crippen LogP contribution < -0.4 is 10.6 Å². The molecule has 1 aliphatic heterocycles. The number of likely N-dealkylation sites (tertiary alicyclic amines) is 1. The van der Waals surface area contributed by atoms with Crippen LogP contribution in [-0.4, -0.2) is 46.6 Å². The Morgan fingerprint density at radius 2 is 1.76 bits per heavy atom. The van der Waals surface area contributed by atoms with Gasteiger partial charge in [0.05, 0.1) is 17.5 Å². The summed E-state index contributed by atoms with van der Waals surface area (Å²) < 4.78 is 0. The van der Waals surface area contributed by atoms with Gasteiger partial charge >= 0.3 is 0 Å². The highest BCUT2D eigenvalue weighted by Gasteiger charge is 2.47. The number of fused-ring (bicyclic) bond motifs is 1. The van der Waals surface area contributed by atoms with Gasteiger partial charge in [0.1, 0.15) is 6.54 Å². The fraction of sp³-hybridized carbons (Fsp3) is 0.375. The molecule has 33 heavy (non-hydrogen) atoms. The molecule has 0 bridgehead atoms. The summed E-state index contributed by atoms with van der Waals surface area (Å²) in [7, 11) is 0. The number of imide groups is 1. The molecule has 172 valence electrons. The molecule has 1 fully saturated rings. The van der Waals surface area contributed by atoms with E-state index in [0.29, 0.717) is 24.5 Å². The number of allylic oxidation sites excluding steroid dienone is 2. The molecule has 2 unspecified atom stereocenters. The molecule has 8 nitrogen and oxygen atoms in total. The third-order valence-electron chi connectivity index (χ3n) is 5.92. The summed E-state index contributed by atoms with van der Waals surface area (Å²) in [6.07, 6.45) is 6.68. The van der Waals surface area contributed by atoms with Crippen molar-refractivity contribution < 1.29 is 19.2 Å². The first-order valence-electron chi connectivity index (χ1n) is 11.0. The predicted octanol–water partition coefficient (Wildman–Crippen LogP) is 2.77. The van der Waals surface area contributed by atoms with Crippen molar-refractivity contribution >= 4 is 40.1 Å². The summed E-state index contributed by atoms with van der Waals surface area (Å²) in [6, 6.07) is 8.01. The largest absolute Gasteiger partial charge is 0.356 e. The van der Waals surface area contributed by atoms with Crippen molar-refractivity contribution in [3.8, 4) is 11.3 Å². The molecule has 9 heteroatoms. The van der Waals surface area contributed by atoms with E-state index < -0.39 is 5.91 Å². The number of carbonyl (C=O) groups is 4. The number of benzene rings is 1. The van der Waals surface area contributed by atoms with Crippen LogP contribution in [0.1, 0.15) is 31.7 Å². The monoisotopic (exact) mass is 466 g/mol. The summed E-state index contributed by atoms with van der Waals surface area (Å²) in [5, 5.41) is 7.77. The number of carbonyl (C=O) groups excluding carboxylic acids is 4. The maximum absolute atomic E-state index is 12.5. The Morgan fingerprint density at radius 1 is 1.09 bits per heavy atom. The van der Waals surface area contributed by atoms with Crippen molar-refractivity contribution in [1.82, 2.24) is 15.2 Å². The van der Waals surface area contributed by atoms with Gasteiger partial charge in [-0.2, -0.15) is 0 Å². The van der Waals surface area contributed by atoms with E-state index in [9.17, 15) is 19.2 Å². The van der Waals surface area contributed by atoms with Crippen molar-refractivity contribution in [2.45, 2.75) is 32.6 Å². The second-order valence-corrected chi connectivity index (χ2v) is 9.15. The Morgan fingerprint density at radius 3 is 2.39 bits per heavy atom. The minimum absolute atomic E-state index is 0.0225. The number of hydrogen-bond donors (Lipinski definition) is 2. The molecule has 2 aromatic rings.